The lowest BCUT2D eigenvalue weighted by Crippen LogP contribution is -2.27. The molecule has 0 saturated carbocycles. The monoisotopic (exact) mass is 271 g/mol. The molecule has 0 N–H and O–H groups in total. The Labute approximate surface area is 109 Å². The summed E-state index contributed by atoms with van der Waals surface area (Å²) in [6.45, 7) is 4.50. The number of para-hydroxylation sites is 1. The lowest BCUT2D eigenvalue weighted by molar-refractivity contribution is -0.388. The summed E-state index contributed by atoms with van der Waals surface area (Å²) in [5, 5.41) is 10.7. The molecule has 6 nitrogen and oxygen atoms in total. The maximum Gasteiger partial charge on any atom is 0.346 e. The molecule has 1 aromatic carbocycles. The number of hydrogen-bond acceptors (Lipinski definition) is 5. The van der Waals surface area contributed by atoms with Gasteiger partial charge in [0.25, 0.3) is 0 Å². The molecular formula is C12H14FNO5. The lowest BCUT2D eigenvalue weighted by Gasteiger charge is -2.19. The van der Waals surface area contributed by atoms with Crippen LogP contribution in [-0.2, 0) is 9.53 Å². The molecule has 0 radical (unpaired) electrons. The molecule has 0 amide bonds. The van der Waals surface area contributed by atoms with Crippen LogP contribution in [-0.4, -0.2) is 23.1 Å². The van der Waals surface area contributed by atoms with Crippen molar-refractivity contribution in [1.29, 1.82) is 0 Å². The van der Waals surface area contributed by atoms with Crippen LogP contribution in [0.2, 0.25) is 0 Å². The van der Waals surface area contributed by atoms with E-state index < -0.39 is 34.6 Å². The fourth-order valence-corrected chi connectivity index (χ4v) is 1.30. The second-order valence-corrected chi connectivity index (χ2v) is 4.72. The molecule has 0 aromatic heterocycles. The van der Waals surface area contributed by atoms with Crippen molar-refractivity contribution in [3.05, 3.63) is 34.1 Å². The van der Waals surface area contributed by atoms with Gasteiger partial charge in [0.15, 0.2) is 6.61 Å². The zero-order valence-corrected chi connectivity index (χ0v) is 10.8. The van der Waals surface area contributed by atoms with Gasteiger partial charge in [0.2, 0.25) is 11.6 Å². The number of halogens is 1. The van der Waals surface area contributed by atoms with Crippen LogP contribution < -0.4 is 4.74 Å². The first-order chi connectivity index (χ1) is 8.70. The molecule has 19 heavy (non-hydrogen) atoms. The van der Waals surface area contributed by atoms with E-state index in [1.165, 1.54) is 12.1 Å². The number of rotatable bonds is 4. The van der Waals surface area contributed by atoms with Crippen LogP contribution >= 0.6 is 0 Å². The third-order valence-electron chi connectivity index (χ3n) is 1.90. The van der Waals surface area contributed by atoms with Crippen molar-refractivity contribution < 1.29 is 23.6 Å². The van der Waals surface area contributed by atoms with E-state index in [9.17, 15) is 19.3 Å². The maximum absolute atomic E-state index is 13.3. The van der Waals surface area contributed by atoms with E-state index >= 15 is 0 Å². The van der Waals surface area contributed by atoms with Gasteiger partial charge in [-0.05, 0) is 32.9 Å². The SMILES string of the molecule is CC(C)(C)OC(=O)COc1cccc(F)c1[N+](=O)[O-]. The highest BCUT2D eigenvalue weighted by molar-refractivity contribution is 5.71. The smallest absolute Gasteiger partial charge is 0.346 e. The Bertz CT molecular complexity index is 495. The van der Waals surface area contributed by atoms with Crippen molar-refractivity contribution in [1.82, 2.24) is 0 Å². The van der Waals surface area contributed by atoms with Gasteiger partial charge in [0.05, 0.1) is 4.92 Å². The van der Waals surface area contributed by atoms with E-state index in [4.69, 9.17) is 9.47 Å². The second kappa shape index (κ2) is 5.64. The number of ether oxygens (including phenoxy) is 2. The molecule has 0 aliphatic carbocycles. The van der Waals surface area contributed by atoms with Crippen LogP contribution in [0.1, 0.15) is 20.8 Å². The van der Waals surface area contributed by atoms with E-state index in [-0.39, 0.29) is 5.75 Å². The normalized spacial score (nSPS) is 10.9. The van der Waals surface area contributed by atoms with Gasteiger partial charge >= 0.3 is 11.7 Å². The Kier molecular flexibility index (Phi) is 4.42. The molecule has 0 aliphatic heterocycles. The number of nitrogens with zero attached hydrogens (tertiary/aromatic N) is 1. The highest BCUT2D eigenvalue weighted by Crippen LogP contribution is 2.29. The predicted octanol–water partition coefficient (Wildman–Crippen LogP) is 2.45. The summed E-state index contributed by atoms with van der Waals surface area (Å²) in [6.07, 6.45) is 0. The number of carbonyl (C=O) groups excluding carboxylic acids is 1. The molecule has 1 aromatic rings. The van der Waals surface area contributed by atoms with E-state index in [1.807, 2.05) is 0 Å². The summed E-state index contributed by atoms with van der Waals surface area (Å²) >= 11 is 0. The fourth-order valence-electron chi connectivity index (χ4n) is 1.30. The van der Waals surface area contributed by atoms with Gasteiger partial charge in [-0.1, -0.05) is 6.07 Å². The van der Waals surface area contributed by atoms with Crippen LogP contribution in [0.5, 0.6) is 5.75 Å². The van der Waals surface area contributed by atoms with E-state index in [0.29, 0.717) is 0 Å². The summed E-state index contributed by atoms with van der Waals surface area (Å²) in [7, 11) is 0. The predicted molar refractivity (Wildman–Crippen MR) is 64.4 cm³/mol. The zero-order valence-electron chi connectivity index (χ0n) is 10.8. The van der Waals surface area contributed by atoms with Crippen LogP contribution in [0, 0.1) is 15.9 Å². The number of carbonyl (C=O) groups is 1. The van der Waals surface area contributed by atoms with Crippen molar-refractivity contribution in [2.45, 2.75) is 26.4 Å². The summed E-state index contributed by atoms with van der Waals surface area (Å²) in [6, 6.07) is 3.41. The molecule has 0 fully saturated rings. The molecular weight excluding hydrogens is 257 g/mol. The van der Waals surface area contributed by atoms with Crippen LogP contribution in [0.4, 0.5) is 10.1 Å². The molecule has 0 spiro atoms. The molecule has 104 valence electrons. The van der Waals surface area contributed by atoms with Crippen LogP contribution in [0.25, 0.3) is 0 Å². The van der Waals surface area contributed by atoms with Crippen LogP contribution in [0.15, 0.2) is 18.2 Å². The van der Waals surface area contributed by atoms with Gasteiger partial charge in [-0.2, -0.15) is 4.39 Å². The average Bonchev–Trinajstić information content (AvgIpc) is 2.23. The molecule has 0 heterocycles. The van der Waals surface area contributed by atoms with Gasteiger partial charge in [0.1, 0.15) is 5.60 Å². The third-order valence-corrected chi connectivity index (χ3v) is 1.90. The minimum Gasteiger partial charge on any atom is -0.475 e. The first-order valence-electron chi connectivity index (χ1n) is 5.48. The number of nitro groups is 1. The quantitative estimate of drug-likeness (QED) is 0.477. The molecule has 0 bridgehead atoms. The molecule has 7 heteroatoms. The summed E-state index contributed by atoms with van der Waals surface area (Å²) < 4.78 is 23.2. The first-order valence-corrected chi connectivity index (χ1v) is 5.48. The van der Waals surface area contributed by atoms with E-state index in [2.05, 4.69) is 0 Å². The Morgan fingerprint density at radius 3 is 2.58 bits per heavy atom. The number of esters is 1. The Morgan fingerprint density at radius 2 is 2.05 bits per heavy atom. The Balaban J connectivity index is 2.76. The van der Waals surface area contributed by atoms with Crippen molar-refractivity contribution in [3.63, 3.8) is 0 Å². The summed E-state index contributed by atoms with van der Waals surface area (Å²) in [5.74, 6) is -2.02. The van der Waals surface area contributed by atoms with Crippen molar-refractivity contribution in [3.8, 4) is 5.75 Å². The topological polar surface area (TPSA) is 78.7 Å². The minimum atomic E-state index is -1.02. The number of hydrogen-bond donors (Lipinski definition) is 0. The standard InChI is InChI=1S/C12H14FNO5/c1-12(2,3)19-10(15)7-18-9-6-4-5-8(13)11(9)14(16)17/h4-6H,7H2,1-3H3. The molecule has 0 aliphatic rings. The maximum atomic E-state index is 13.3. The number of nitro benzene ring substituents is 1. The zero-order chi connectivity index (χ0) is 14.6. The minimum absolute atomic E-state index is 0.309. The fraction of sp³-hybridized carbons (Fsp3) is 0.417. The van der Waals surface area contributed by atoms with E-state index in [0.717, 1.165) is 6.07 Å². The van der Waals surface area contributed by atoms with Gasteiger partial charge in [-0.3, -0.25) is 10.1 Å². The summed E-state index contributed by atoms with van der Waals surface area (Å²) in [5.41, 5.74) is -1.49. The Morgan fingerprint density at radius 1 is 1.42 bits per heavy atom. The molecule has 1 rings (SSSR count). The molecule has 0 saturated heterocycles. The highest BCUT2D eigenvalue weighted by atomic mass is 19.1. The first kappa shape index (κ1) is 14.9. The second-order valence-electron chi connectivity index (χ2n) is 4.72. The van der Waals surface area contributed by atoms with Crippen molar-refractivity contribution >= 4 is 11.7 Å². The van der Waals surface area contributed by atoms with Gasteiger partial charge in [-0.25, -0.2) is 4.79 Å². The van der Waals surface area contributed by atoms with Gasteiger partial charge in [0, 0.05) is 0 Å². The van der Waals surface area contributed by atoms with Gasteiger partial charge < -0.3 is 9.47 Å². The lowest BCUT2D eigenvalue weighted by atomic mass is 10.2. The number of benzene rings is 1. The molecule has 0 unspecified atom stereocenters. The average molecular weight is 271 g/mol. The van der Waals surface area contributed by atoms with Crippen molar-refractivity contribution in [2.75, 3.05) is 6.61 Å². The van der Waals surface area contributed by atoms with Crippen molar-refractivity contribution in [2.24, 2.45) is 0 Å². The van der Waals surface area contributed by atoms with Gasteiger partial charge in [-0.15, -0.1) is 0 Å². The summed E-state index contributed by atoms with van der Waals surface area (Å²) in [4.78, 5) is 21.2. The molecule has 0 atom stereocenters. The highest BCUT2D eigenvalue weighted by Gasteiger charge is 2.23. The van der Waals surface area contributed by atoms with Crippen LogP contribution in [0.3, 0.4) is 0 Å². The third kappa shape index (κ3) is 4.53. The van der Waals surface area contributed by atoms with E-state index in [1.54, 1.807) is 20.8 Å². The largest absolute Gasteiger partial charge is 0.475 e. The Hall–Kier alpha value is -2.18.